The van der Waals surface area contributed by atoms with E-state index in [1.54, 1.807) is 4.68 Å². The van der Waals surface area contributed by atoms with Gasteiger partial charge < -0.3 is 10.3 Å². The van der Waals surface area contributed by atoms with E-state index in [0.717, 1.165) is 11.4 Å². The molecule has 0 saturated heterocycles. The Morgan fingerprint density at radius 1 is 1.22 bits per heavy atom. The van der Waals surface area contributed by atoms with Crippen molar-refractivity contribution in [1.82, 2.24) is 14.9 Å². The van der Waals surface area contributed by atoms with Gasteiger partial charge in [0.2, 0.25) is 11.8 Å². The molecular formula is C19H21N5O3. The summed E-state index contributed by atoms with van der Waals surface area (Å²) in [5.74, 6) is -1.04. The van der Waals surface area contributed by atoms with E-state index in [0.29, 0.717) is 24.1 Å². The van der Waals surface area contributed by atoms with Crippen molar-refractivity contribution < 1.29 is 14.1 Å². The zero-order valence-corrected chi connectivity index (χ0v) is 15.4. The Labute approximate surface area is 156 Å². The number of hydrogen-bond acceptors (Lipinski definition) is 5. The van der Waals surface area contributed by atoms with E-state index in [-0.39, 0.29) is 23.0 Å². The summed E-state index contributed by atoms with van der Waals surface area (Å²) in [5.41, 5.74) is 8.83. The Morgan fingerprint density at radius 3 is 2.56 bits per heavy atom. The number of nitrogens with two attached hydrogens (primary N) is 1. The van der Waals surface area contributed by atoms with E-state index in [4.69, 9.17) is 10.3 Å². The molecule has 0 bridgehead atoms. The van der Waals surface area contributed by atoms with E-state index < -0.39 is 5.91 Å². The Hall–Kier alpha value is -3.42. The van der Waals surface area contributed by atoms with Gasteiger partial charge in [0.25, 0.3) is 5.91 Å². The fourth-order valence-electron chi connectivity index (χ4n) is 3.00. The molecule has 8 nitrogen and oxygen atoms in total. The third-order valence-electron chi connectivity index (χ3n) is 4.20. The van der Waals surface area contributed by atoms with Crippen molar-refractivity contribution in [1.29, 1.82) is 0 Å². The van der Waals surface area contributed by atoms with Gasteiger partial charge in [-0.1, -0.05) is 30.3 Å². The molecule has 0 aliphatic rings. The lowest BCUT2D eigenvalue weighted by atomic mass is 10.1. The van der Waals surface area contributed by atoms with Gasteiger partial charge in [-0.3, -0.25) is 14.9 Å². The Bertz CT molecular complexity index is 988. The molecule has 0 atom stereocenters. The maximum atomic E-state index is 12.1. The zero-order chi connectivity index (χ0) is 19.6. The minimum absolute atomic E-state index is 0.0396. The number of anilines is 1. The van der Waals surface area contributed by atoms with Crippen LogP contribution in [0.5, 0.6) is 0 Å². The Kier molecular flexibility index (Phi) is 5.07. The number of para-hydroxylation sites is 1. The molecule has 0 spiro atoms. The predicted molar refractivity (Wildman–Crippen MR) is 101 cm³/mol. The molecule has 1 aromatic carbocycles. The molecule has 3 aromatic rings. The molecule has 0 unspecified atom stereocenters. The summed E-state index contributed by atoms with van der Waals surface area (Å²) in [4.78, 5) is 23.9. The minimum Gasteiger partial charge on any atom is -0.365 e. The van der Waals surface area contributed by atoms with E-state index in [2.05, 4.69) is 15.6 Å². The summed E-state index contributed by atoms with van der Waals surface area (Å²) in [7, 11) is 0. The molecule has 2 amide bonds. The number of rotatable bonds is 6. The van der Waals surface area contributed by atoms with E-state index in [1.807, 2.05) is 51.1 Å². The lowest BCUT2D eigenvalue weighted by molar-refractivity contribution is -0.116. The van der Waals surface area contributed by atoms with Crippen molar-refractivity contribution >= 4 is 17.7 Å². The topological polar surface area (TPSA) is 116 Å². The van der Waals surface area contributed by atoms with Gasteiger partial charge in [0.05, 0.1) is 17.1 Å². The number of aromatic nitrogens is 3. The third-order valence-corrected chi connectivity index (χ3v) is 4.20. The summed E-state index contributed by atoms with van der Waals surface area (Å²) in [6, 6.07) is 9.61. The number of primary amides is 1. The largest absolute Gasteiger partial charge is 0.365 e. The molecule has 2 aromatic heterocycles. The zero-order valence-electron chi connectivity index (χ0n) is 15.4. The second-order valence-corrected chi connectivity index (χ2v) is 6.19. The average Bonchev–Trinajstić information content (AvgIpc) is 3.16. The second-order valence-electron chi connectivity index (χ2n) is 6.19. The van der Waals surface area contributed by atoms with Crippen LogP contribution in [-0.4, -0.2) is 26.8 Å². The van der Waals surface area contributed by atoms with Gasteiger partial charge in [-0.15, -0.1) is 0 Å². The van der Waals surface area contributed by atoms with Crippen molar-refractivity contribution in [2.45, 2.75) is 33.6 Å². The highest BCUT2D eigenvalue weighted by molar-refractivity contribution is 6.06. The minimum atomic E-state index is -0.732. The number of benzene rings is 1. The van der Waals surface area contributed by atoms with Crippen LogP contribution >= 0.6 is 0 Å². The van der Waals surface area contributed by atoms with Crippen LogP contribution in [0.25, 0.3) is 16.9 Å². The van der Waals surface area contributed by atoms with E-state index >= 15 is 0 Å². The SMILES string of the molecule is CCCC(=O)Nc1onc(-c2c(C)nn(-c3ccccc3)c2C)c1C(N)=O. The van der Waals surface area contributed by atoms with Gasteiger partial charge in [0, 0.05) is 12.0 Å². The van der Waals surface area contributed by atoms with Crippen molar-refractivity contribution in [2.24, 2.45) is 5.73 Å². The molecule has 140 valence electrons. The number of carbonyl (C=O) groups excluding carboxylic acids is 2. The molecule has 0 aliphatic carbocycles. The lowest BCUT2D eigenvalue weighted by Gasteiger charge is -2.05. The number of carbonyl (C=O) groups is 2. The van der Waals surface area contributed by atoms with Crippen molar-refractivity contribution in [3.63, 3.8) is 0 Å². The standard InChI is InChI=1S/C19H21N5O3/c1-4-8-14(25)21-19-16(18(20)26)17(23-27-19)15-11(2)22-24(12(15)3)13-9-6-5-7-10-13/h5-7,9-10H,4,8H2,1-3H3,(H2,20,26)(H,21,25). The van der Waals surface area contributed by atoms with Crippen LogP contribution in [0.4, 0.5) is 5.88 Å². The van der Waals surface area contributed by atoms with E-state index in [9.17, 15) is 9.59 Å². The first-order valence-electron chi connectivity index (χ1n) is 8.65. The number of nitrogens with one attached hydrogen (secondary N) is 1. The van der Waals surface area contributed by atoms with Gasteiger partial charge in [0.15, 0.2) is 0 Å². The molecule has 8 heteroatoms. The second kappa shape index (κ2) is 7.45. The quantitative estimate of drug-likeness (QED) is 0.695. The van der Waals surface area contributed by atoms with Crippen molar-refractivity contribution in [3.05, 3.63) is 47.3 Å². The smallest absolute Gasteiger partial charge is 0.256 e. The maximum Gasteiger partial charge on any atom is 0.256 e. The first-order valence-corrected chi connectivity index (χ1v) is 8.65. The molecule has 0 fully saturated rings. The summed E-state index contributed by atoms with van der Waals surface area (Å²) >= 11 is 0. The Balaban J connectivity index is 2.10. The molecule has 0 radical (unpaired) electrons. The first-order chi connectivity index (χ1) is 12.9. The molecule has 0 aliphatic heterocycles. The lowest BCUT2D eigenvalue weighted by Crippen LogP contribution is -2.17. The highest BCUT2D eigenvalue weighted by atomic mass is 16.5. The van der Waals surface area contributed by atoms with Gasteiger partial charge in [-0.2, -0.15) is 5.10 Å². The van der Waals surface area contributed by atoms with Crippen molar-refractivity contribution in [2.75, 3.05) is 5.32 Å². The fourth-order valence-corrected chi connectivity index (χ4v) is 3.00. The van der Waals surface area contributed by atoms with E-state index in [1.165, 1.54) is 0 Å². The third kappa shape index (κ3) is 3.46. The normalized spacial score (nSPS) is 10.8. The van der Waals surface area contributed by atoms with Crippen LogP contribution in [-0.2, 0) is 4.79 Å². The van der Waals surface area contributed by atoms with Crippen LogP contribution in [0, 0.1) is 13.8 Å². The molecule has 0 saturated carbocycles. The molecule has 27 heavy (non-hydrogen) atoms. The summed E-state index contributed by atoms with van der Waals surface area (Å²) in [6.07, 6.45) is 0.971. The van der Waals surface area contributed by atoms with Gasteiger partial charge >= 0.3 is 0 Å². The predicted octanol–water partition coefficient (Wildman–Crippen LogP) is 2.98. The number of nitrogens with zero attached hydrogens (tertiary/aromatic N) is 3. The number of amides is 2. The highest BCUT2D eigenvalue weighted by Crippen LogP contribution is 2.34. The van der Waals surface area contributed by atoms with Gasteiger partial charge in [-0.25, -0.2) is 4.68 Å². The molecule has 2 heterocycles. The molecule has 3 rings (SSSR count). The summed E-state index contributed by atoms with van der Waals surface area (Å²) in [5, 5.41) is 11.1. The van der Waals surface area contributed by atoms with Crippen LogP contribution in [0.15, 0.2) is 34.9 Å². The van der Waals surface area contributed by atoms with Crippen LogP contribution in [0.1, 0.15) is 41.5 Å². The van der Waals surface area contributed by atoms with Gasteiger partial charge in [0.1, 0.15) is 11.3 Å². The van der Waals surface area contributed by atoms with Gasteiger partial charge in [-0.05, 0) is 32.4 Å². The Morgan fingerprint density at radius 2 is 1.93 bits per heavy atom. The highest BCUT2D eigenvalue weighted by Gasteiger charge is 2.28. The first kappa shape index (κ1) is 18.4. The molecule has 3 N–H and O–H groups in total. The van der Waals surface area contributed by atoms with Crippen LogP contribution in [0.2, 0.25) is 0 Å². The van der Waals surface area contributed by atoms with Crippen LogP contribution < -0.4 is 11.1 Å². The maximum absolute atomic E-state index is 12.1. The molecular weight excluding hydrogens is 346 g/mol. The summed E-state index contributed by atoms with van der Waals surface area (Å²) in [6.45, 7) is 5.57. The monoisotopic (exact) mass is 367 g/mol. The number of hydrogen-bond donors (Lipinski definition) is 2. The van der Waals surface area contributed by atoms with Crippen LogP contribution in [0.3, 0.4) is 0 Å². The van der Waals surface area contributed by atoms with Crippen molar-refractivity contribution in [3.8, 4) is 16.9 Å². The summed E-state index contributed by atoms with van der Waals surface area (Å²) < 4.78 is 7.00. The average molecular weight is 367 g/mol. The fraction of sp³-hybridized carbons (Fsp3) is 0.263. The number of aryl methyl sites for hydroxylation is 1.